The lowest BCUT2D eigenvalue weighted by atomic mass is 10.7. The van der Waals surface area contributed by atoms with E-state index in [0.29, 0.717) is 0 Å². The summed E-state index contributed by atoms with van der Waals surface area (Å²) in [7, 11) is -3.35. The van der Waals surface area contributed by atoms with Crippen LogP contribution in [0.15, 0.2) is 23.6 Å². The van der Waals surface area contributed by atoms with E-state index in [9.17, 15) is 8.42 Å². The molecule has 0 spiro atoms. The minimum Gasteiger partial charge on any atom is -0.221 e. The summed E-state index contributed by atoms with van der Waals surface area (Å²) in [6, 6.07) is 1.65. The number of fused-ring (bicyclic) bond motifs is 1. The van der Waals surface area contributed by atoms with Crippen LogP contribution in [0.25, 0.3) is 5.78 Å². The molecule has 0 fully saturated rings. The standard InChI is InChI=1S/C6H6N4O2S/c1-13(11,12)6-8-5-7-3-2-4-10(5)9-6/h2-4H,1H3. The molecule has 0 aliphatic rings. The normalized spacial score (nSPS) is 12.1. The van der Waals surface area contributed by atoms with Crippen LogP contribution in [0, 0.1) is 0 Å². The molecule has 2 aromatic rings. The quantitative estimate of drug-likeness (QED) is 0.619. The lowest BCUT2D eigenvalue weighted by Crippen LogP contribution is -1.99. The van der Waals surface area contributed by atoms with Gasteiger partial charge in [-0.05, 0) is 6.07 Å². The van der Waals surface area contributed by atoms with Crippen LogP contribution in [-0.2, 0) is 9.84 Å². The Morgan fingerprint density at radius 1 is 1.46 bits per heavy atom. The van der Waals surface area contributed by atoms with E-state index >= 15 is 0 Å². The van der Waals surface area contributed by atoms with Crippen molar-refractivity contribution in [2.45, 2.75) is 5.16 Å². The van der Waals surface area contributed by atoms with Gasteiger partial charge < -0.3 is 0 Å². The summed E-state index contributed by atoms with van der Waals surface area (Å²) < 4.78 is 23.4. The van der Waals surface area contributed by atoms with Gasteiger partial charge in [-0.3, -0.25) is 0 Å². The molecule has 2 heterocycles. The van der Waals surface area contributed by atoms with Gasteiger partial charge in [-0.25, -0.2) is 17.9 Å². The molecule has 0 N–H and O–H groups in total. The highest BCUT2D eigenvalue weighted by molar-refractivity contribution is 7.90. The maximum absolute atomic E-state index is 11.0. The van der Waals surface area contributed by atoms with Crippen LogP contribution >= 0.6 is 0 Å². The average molecular weight is 198 g/mol. The zero-order chi connectivity index (χ0) is 9.47. The largest absolute Gasteiger partial charge is 0.268 e. The van der Waals surface area contributed by atoms with Crippen LogP contribution in [0.2, 0.25) is 0 Å². The van der Waals surface area contributed by atoms with Gasteiger partial charge >= 0.3 is 0 Å². The van der Waals surface area contributed by atoms with E-state index in [1.807, 2.05) is 0 Å². The number of hydrogen-bond donors (Lipinski definition) is 0. The van der Waals surface area contributed by atoms with Crippen molar-refractivity contribution in [3.63, 3.8) is 0 Å². The fourth-order valence-electron chi connectivity index (χ4n) is 0.871. The van der Waals surface area contributed by atoms with Crippen molar-refractivity contribution in [3.8, 4) is 0 Å². The Balaban J connectivity index is 2.77. The predicted molar refractivity (Wildman–Crippen MR) is 43.9 cm³/mol. The third kappa shape index (κ3) is 1.37. The maximum Gasteiger partial charge on any atom is 0.268 e. The molecule has 0 radical (unpaired) electrons. The van der Waals surface area contributed by atoms with Gasteiger partial charge in [-0.2, -0.15) is 4.98 Å². The van der Waals surface area contributed by atoms with Crippen LogP contribution < -0.4 is 0 Å². The first-order valence-corrected chi connectivity index (χ1v) is 5.34. The van der Waals surface area contributed by atoms with Crippen LogP contribution in [0.4, 0.5) is 0 Å². The van der Waals surface area contributed by atoms with Crippen molar-refractivity contribution in [1.29, 1.82) is 0 Å². The Hall–Kier alpha value is -1.50. The second kappa shape index (κ2) is 2.49. The first-order chi connectivity index (χ1) is 6.07. The number of sulfone groups is 1. The molecule has 0 aliphatic heterocycles. The molecular weight excluding hydrogens is 192 g/mol. The van der Waals surface area contributed by atoms with E-state index in [1.54, 1.807) is 12.3 Å². The molecule has 0 saturated carbocycles. The maximum atomic E-state index is 11.0. The van der Waals surface area contributed by atoms with Gasteiger partial charge in [-0.15, -0.1) is 5.10 Å². The molecule has 6 nitrogen and oxygen atoms in total. The molecular formula is C6H6N4O2S. The van der Waals surface area contributed by atoms with Crippen molar-refractivity contribution in [2.24, 2.45) is 0 Å². The minimum atomic E-state index is -3.35. The van der Waals surface area contributed by atoms with Gasteiger partial charge in [0.1, 0.15) is 0 Å². The highest BCUT2D eigenvalue weighted by atomic mass is 32.2. The molecule has 0 bridgehead atoms. The topological polar surface area (TPSA) is 77.2 Å². The van der Waals surface area contributed by atoms with Crippen molar-refractivity contribution >= 4 is 15.6 Å². The first-order valence-electron chi connectivity index (χ1n) is 3.45. The fourth-order valence-corrected chi connectivity index (χ4v) is 1.35. The molecule has 0 unspecified atom stereocenters. The summed E-state index contributed by atoms with van der Waals surface area (Å²) in [5, 5.41) is 3.54. The Labute approximate surface area is 74.2 Å². The van der Waals surface area contributed by atoms with E-state index < -0.39 is 9.84 Å². The average Bonchev–Trinajstić information content (AvgIpc) is 2.45. The number of aromatic nitrogens is 4. The van der Waals surface area contributed by atoms with Crippen LogP contribution in [0.5, 0.6) is 0 Å². The van der Waals surface area contributed by atoms with Crippen LogP contribution in [0.3, 0.4) is 0 Å². The van der Waals surface area contributed by atoms with Crippen molar-refractivity contribution < 1.29 is 8.42 Å². The van der Waals surface area contributed by atoms with Gasteiger partial charge in [0.25, 0.3) is 10.9 Å². The van der Waals surface area contributed by atoms with E-state index in [0.717, 1.165) is 6.26 Å². The van der Waals surface area contributed by atoms with Gasteiger partial charge in [0.2, 0.25) is 9.84 Å². The third-order valence-corrected chi connectivity index (χ3v) is 2.27. The molecule has 2 rings (SSSR count). The van der Waals surface area contributed by atoms with E-state index in [4.69, 9.17) is 0 Å². The first kappa shape index (κ1) is 8.11. The highest BCUT2D eigenvalue weighted by Gasteiger charge is 2.14. The molecule has 0 saturated heterocycles. The molecule has 0 aromatic carbocycles. The highest BCUT2D eigenvalue weighted by Crippen LogP contribution is 2.02. The summed E-state index contributed by atoms with van der Waals surface area (Å²) in [6.07, 6.45) is 4.17. The zero-order valence-electron chi connectivity index (χ0n) is 6.75. The predicted octanol–water partition coefficient (Wildman–Crippen LogP) is -0.472. The molecule has 68 valence electrons. The van der Waals surface area contributed by atoms with Gasteiger partial charge in [0.15, 0.2) is 0 Å². The zero-order valence-corrected chi connectivity index (χ0v) is 7.56. The number of hydrogen-bond acceptors (Lipinski definition) is 5. The molecule has 0 aliphatic carbocycles. The Morgan fingerprint density at radius 3 is 2.85 bits per heavy atom. The van der Waals surface area contributed by atoms with E-state index in [1.165, 1.54) is 10.7 Å². The summed E-state index contributed by atoms with van der Waals surface area (Å²) >= 11 is 0. The van der Waals surface area contributed by atoms with Gasteiger partial charge in [0, 0.05) is 18.6 Å². The van der Waals surface area contributed by atoms with Crippen molar-refractivity contribution in [1.82, 2.24) is 19.6 Å². The second-order valence-corrected chi connectivity index (χ2v) is 4.44. The lowest BCUT2D eigenvalue weighted by Gasteiger charge is -1.84. The fraction of sp³-hybridized carbons (Fsp3) is 0.167. The third-order valence-electron chi connectivity index (χ3n) is 1.43. The minimum absolute atomic E-state index is 0.203. The number of rotatable bonds is 1. The number of nitrogens with zero attached hydrogens (tertiary/aromatic N) is 4. The van der Waals surface area contributed by atoms with Gasteiger partial charge in [0.05, 0.1) is 0 Å². The van der Waals surface area contributed by atoms with Gasteiger partial charge in [-0.1, -0.05) is 0 Å². The Bertz CT molecular complexity index is 512. The summed E-state index contributed by atoms with van der Waals surface area (Å²) in [5.74, 6) is 0.280. The molecule has 2 aromatic heterocycles. The summed E-state index contributed by atoms with van der Waals surface area (Å²) in [4.78, 5) is 7.58. The molecule has 0 atom stereocenters. The molecule has 0 amide bonds. The Kier molecular flexibility index (Phi) is 1.56. The molecule has 7 heteroatoms. The lowest BCUT2D eigenvalue weighted by molar-refractivity contribution is 0.593. The Morgan fingerprint density at radius 2 is 2.23 bits per heavy atom. The van der Waals surface area contributed by atoms with E-state index in [2.05, 4.69) is 15.1 Å². The SMILES string of the molecule is CS(=O)(=O)c1nc2ncccn2n1. The summed E-state index contributed by atoms with van der Waals surface area (Å²) in [5.41, 5.74) is 0. The second-order valence-electron chi connectivity index (χ2n) is 2.53. The van der Waals surface area contributed by atoms with E-state index in [-0.39, 0.29) is 10.9 Å². The van der Waals surface area contributed by atoms with Crippen molar-refractivity contribution in [2.75, 3.05) is 6.26 Å². The molecule has 13 heavy (non-hydrogen) atoms. The monoisotopic (exact) mass is 198 g/mol. The van der Waals surface area contributed by atoms with Crippen molar-refractivity contribution in [3.05, 3.63) is 18.5 Å². The van der Waals surface area contributed by atoms with Crippen LogP contribution in [0.1, 0.15) is 0 Å². The smallest absolute Gasteiger partial charge is 0.221 e. The summed E-state index contributed by atoms with van der Waals surface area (Å²) in [6.45, 7) is 0. The van der Waals surface area contributed by atoms with Crippen LogP contribution in [-0.4, -0.2) is 34.3 Å².